The van der Waals surface area contributed by atoms with Crippen molar-refractivity contribution in [2.75, 3.05) is 6.61 Å². The Labute approximate surface area is 167 Å². The van der Waals surface area contributed by atoms with Crippen molar-refractivity contribution in [3.05, 3.63) is 71.2 Å². The summed E-state index contributed by atoms with van der Waals surface area (Å²) in [6.45, 7) is -0.260. The lowest BCUT2D eigenvalue weighted by Gasteiger charge is -2.25. The molecule has 1 aliphatic rings. The van der Waals surface area contributed by atoms with E-state index in [-0.39, 0.29) is 29.1 Å². The zero-order valence-corrected chi connectivity index (χ0v) is 15.4. The maximum absolute atomic E-state index is 13.3. The summed E-state index contributed by atoms with van der Waals surface area (Å²) in [5.41, 5.74) is -1.51. The number of rotatable bonds is 5. The van der Waals surface area contributed by atoms with Gasteiger partial charge in [0, 0.05) is 18.7 Å². The van der Waals surface area contributed by atoms with Crippen molar-refractivity contribution < 1.29 is 27.4 Å². The van der Waals surface area contributed by atoms with Crippen molar-refractivity contribution in [2.24, 2.45) is 10.2 Å². The van der Waals surface area contributed by atoms with Gasteiger partial charge in [0.05, 0.1) is 17.6 Å². The van der Waals surface area contributed by atoms with Crippen LogP contribution >= 0.6 is 0 Å². The third-order valence-corrected chi connectivity index (χ3v) is 4.82. The van der Waals surface area contributed by atoms with Gasteiger partial charge in [0.25, 0.3) is 0 Å². The molecule has 2 heterocycles. The zero-order chi connectivity index (χ0) is 21.4. The number of ether oxygens (including phenoxy) is 1. The summed E-state index contributed by atoms with van der Waals surface area (Å²) in [6.07, 6.45) is -1.79. The minimum Gasteiger partial charge on any atom is -0.508 e. The first kappa shape index (κ1) is 19.7. The molecule has 1 aromatic heterocycles. The molecule has 4 rings (SSSR count). The Balaban J connectivity index is 1.54. The van der Waals surface area contributed by atoms with E-state index in [4.69, 9.17) is 9.15 Å². The standard InChI is InChI=1S/C21H15F3N2O4/c22-21(23,24)20(7-9-25-26-20)8-10-29-15-5-6-16-18(11-15)30-12-17(19(16)28)13-1-3-14(27)4-2-13/h1-7,9,11-12,27H,8,10H2. The van der Waals surface area contributed by atoms with Crippen LogP contribution in [0.3, 0.4) is 0 Å². The number of hydrogen-bond donors (Lipinski definition) is 1. The van der Waals surface area contributed by atoms with E-state index < -0.39 is 18.1 Å². The molecule has 0 saturated heterocycles. The van der Waals surface area contributed by atoms with E-state index in [0.29, 0.717) is 16.5 Å². The number of halogens is 3. The first-order valence-corrected chi connectivity index (χ1v) is 8.93. The molecule has 0 radical (unpaired) electrons. The Bertz CT molecular complexity index is 1190. The molecule has 2 aromatic carbocycles. The smallest absolute Gasteiger partial charge is 0.419 e. The van der Waals surface area contributed by atoms with E-state index in [1.807, 2.05) is 0 Å². The Morgan fingerprint density at radius 3 is 2.57 bits per heavy atom. The molecule has 0 fully saturated rings. The van der Waals surface area contributed by atoms with E-state index in [0.717, 1.165) is 12.3 Å². The molecular formula is C21H15F3N2O4. The summed E-state index contributed by atoms with van der Waals surface area (Å²) in [5, 5.41) is 16.3. The monoisotopic (exact) mass is 416 g/mol. The second kappa shape index (κ2) is 7.33. The average Bonchev–Trinajstić information content (AvgIpc) is 3.19. The molecule has 0 bridgehead atoms. The number of alkyl halides is 3. The molecule has 0 aliphatic carbocycles. The Kier molecular flexibility index (Phi) is 4.81. The fraction of sp³-hybridized carbons (Fsp3) is 0.190. The van der Waals surface area contributed by atoms with Crippen LogP contribution in [0.1, 0.15) is 6.42 Å². The minimum absolute atomic E-state index is 0.0765. The number of fused-ring (bicyclic) bond motifs is 1. The van der Waals surface area contributed by atoms with Crippen LogP contribution in [0.4, 0.5) is 13.2 Å². The lowest BCUT2D eigenvalue weighted by atomic mass is 9.96. The number of phenols is 1. The predicted octanol–water partition coefficient (Wildman–Crippen LogP) is 5.22. The molecule has 1 N–H and O–H groups in total. The largest absolute Gasteiger partial charge is 0.508 e. The second-order valence-corrected chi connectivity index (χ2v) is 6.74. The number of nitrogens with zero attached hydrogens (tertiary/aromatic N) is 2. The van der Waals surface area contributed by atoms with Gasteiger partial charge >= 0.3 is 6.18 Å². The number of phenolic OH excluding ortho intramolecular Hbond substituents is 1. The molecule has 6 nitrogen and oxygen atoms in total. The van der Waals surface area contributed by atoms with Crippen molar-refractivity contribution in [3.8, 4) is 22.6 Å². The molecular weight excluding hydrogens is 401 g/mol. The number of azo groups is 1. The summed E-state index contributed by atoms with van der Waals surface area (Å²) in [4.78, 5) is 12.7. The van der Waals surface area contributed by atoms with Gasteiger partial charge in [-0.05, 0) is 35.9 Å². The van der Waals surface area contributed by atoms with Gasteiger partial charge in [0.15, 0.2) is 11.0 Å². The van der Waals surface area contributed by atoms with Crippen molar-refractivity contribution in [3.63, 3.8) is 0 Å². The highest BCUT2D eigenvalue weighted by atomic mass is 19.4. The van der Waals surface area contributed by atoms with Gasteiger partial charge in [-0.25, -0.2) is 0 Å². The Morgan fingerprint density at radius 1 is 1.13 bits per heavy atom. The first-order valence-electron chi connectivity index (χ1n) is 8.93. The van der Waals surface area contributed by atoms with Crippen LogP contribution in [0.15, 0.2) is 80.4 Å². The lowest BCUT2D eigenvalue weighted by molar-refractivity contribution is -0.174. The summed E-state index contributed by atoms with van der Waals surface area (Å²) in [6, 6.07) is 10.5. The SMILES string of the molecule is O=c1c(-c2ccc(O)cc2)coc2cc(OCCC3(C(F)(F)F)C=CN=N3)ccc12. The molecule has 9 heteroatoms. The van der Waals surface area contributed by atoms with Crippen LogP contribution in [0.25, 0.3) is 22.1 Å². The van der Waals surface area contributed by atoms with E-state index in [9.17, 15) is 23.1 Å². The van der Waals surface area contributed by atoms with Crippen LogP contribution in [-0.4, -0.2) is 23.4 Å². The third-order valence-electron chi connectivity index (χ3n) is 4.82. The molecule has 0 spiro atoms. The number of hydrogen-bond acceptors (Lipinski definition) is 6. The molecule has 3 aromatic rings. The third kappa shape index (κ3) is 3.54. The summed E-state index contributed by atoms with van der Waals surface area (Å²) < 4.78 is 50.8. The summed E-state index contributed by atoms with van der Waals surface area (Å²) >= 11 is 0. The van der Waals surface area contributed by atoms with Gasteiger partial charge < -0.3 is 14.3 Å². The van der Waals surface area contributed by atoms with Crippen LogP contribution in [0.5, 0.6) is 11.5 Å². The average molecular weight is 416 g/mol. The van der Waals surface area contributed by atoms with Gasteiger partial charge in [-0.1, -0.05) is 12.1 Å². The van der Waals surface area contributed by atoms with Crippen molar-refractivity contribution in [2.45, 2.75) is 18.1 Å². The highest BCUT2D eigenvalue weighted by Crippen LogP contribution is 2.40. The molecule has 0 amide bonds. The van der Waals surface area contributed by atoms with Gasteiger partial charge in [-0.15, -0.1) is 0 Å². The zero-order valence-electron chi connectivity index (χ0n) is 15.4. The van der Waals surface area contributed by atoms with Crippen LogP contribution < -0.4 is 10.2 Å². The molecule has 1 aliphatic heterocycles. The fourth-order valence-corrected chi connectivity index (χ4v) is 3.12. The molecule has 1 unspecified atom stereocenters. The Hall–Kier alpha value is -3.62. The molecule has 154 valence electrons. The molecule has 30 heavy (non-hydrogen) atoms. The number of aromatic hydroxyl groups is 1. The van der Waals surface area contributed by atoms with Gasteiger partial charge in [0.1, 0.15) is 23.3 Å². The van der Waals surface area contributed by atoms with Crippen LogP contribution in [-0.2, 0) is 0 Å². The molecule has 0 saturated carbocycles. The minimum atomic E-state index is -4.58. The van der Waals surface area contributed by atoms with E-state index in [1.54, 1.807) is 12.1 Å². The predicted molar refractivity (Wildman–Crippen MR) is 102 cm³/mol. The Morgan fingerprint density at radius 2 is 1.90 bits per heavy atom. The maximum atomic E-state index is 13.3. The van der Waals surface area contributed by atoms with Crippen LogP contribution in [0.2, 0.25) is 0 Å². The maximum Gasteiger partial charge on any atom is 0.419 e. The van der Waals surface area contributed by atoms with Gasteiger partial charge in [-0.2, -0.15) is 23.4 Å². The fourth-order valence-electron chi connectivity index (χ4n) is 3.12. The van der Waals surface area contributed by atoms with Gasteiger partial charge in [0.2, 0.25) is 0 Å². The topological polar surface area (TPSA) is 84.4 Å². The number of benzene rings is 2. The van der Waals surface area contributed by atoms with E-state index >= 15 is 0 Å². The van der Waals surface area contributed by atoms with Crippen molar-refractivity contribution in [1.29, 1.82) is 0 Å². The first-order chi connectivity index (χ1) is 14.3. The van der Waals surface area contributed by atoms with E-state index in [2.05, 4.69) is 10.2 Å². The van der Waals surface area contributed by atoms with Crippen molar-refractivity contribution >= 4 is 11.0 Å². The normalized spacial score (nSPS) is 18.2. The second-order valence-electron chi connectivity index (χ2n) is 6.74. The summed E-state index contributed by atoms with van der Waals surface area (Å²) in [7, 11) is 0. The van der Waals surface area contributed by atoms with Gasteiger partial charge in [-0.3, -0.25) is 4.79 Å². The molecule has 1 atom stereocenters. The highest BCUT2D eigenvalue weighted by Gasteiger charge is 2.55. The quantitative estimate of drug-likeness (QED) is 0.618. The highest BCUT2D eigenvalue weighted by molar-refractivity contribution is 5.82. The van der Waals surface area contributed by atoms with E-state index in [1.165, 1.54) is 36.6 Å². The van der Waals surface area contributed by atoms with Crippen LogP contribution in [0, 0.1) is 0 Å². The summed E-state index contributed by atoms with van der Waals surface area (Å²) in [5.74, 6) is 0.340. The lowest BCUT2D eigenvalue weighted by Crippen LogP contribution is -2.41. The van der Waals surface area contributed by atoms with Crippen molar-refractivity contribution in [1.82, 2.24) is 0 Å².